The van der Waals surface area contributed by atoms with E-state index in [2.05, 4.69) is 9.46 Å². The van der Waals surface area contributed by atoms with Gasteiger partial charge < -0.3 is 9.47 Å². The normalized spacial score (nSPS) is 11.9. The van der Waals surface area contributed by atoms with Gasteiger partial charge in [-0.25, -0.2) is 13.1 Å². The van der Waals surface area contributed by atoms with Gasteiger partial charge in [0.25, 0.3) is 0 Å². The Morgan fingerprint density at radius 3 is 2.57 bits per heavy atom. The molecule has 0 saturated carbocycles. The molecule has 1 N–H and O–H groups in total. The third-order valence-electron chi connectivity index (χ3n) is 1.35. The van der Waals surface area contributed by atoms with Crippen LogP contribution in [0.3, 0.4) is 0 Å². The second kappa shape index (κ2) is 8.43. The van der Waals surface area contributed by atoms with Crippen LogP contribution in [0.2, 0.25) is 0 Å². The molecule has 0 heterocycles. The first-order chi connectivity index (χ1) is 6.62. The van der Waals surface area contributed by atoms with Crippen LogP contribution in [0, 0.1) is 0 Å². The highest BCUT2D eigenvalue weighted by Gasteiger charge is 2.07. The topological polar surface area (TPSA) is 64.6 Å². The fourth-order valence-corrected chi connectivity index (χ4v) is 1.73. The molecule has 0 unspecified atom stereocenters. The Bertz CT molecular complexity index is 220. The number of ether oxygens (including phenoxy) is 2. The largest absolute Gasteiger partial charge is 0.384 e. The third-order valence-corrected chi connectivity index (χ3v) is 2.85. The van der Waals surface area contributed by atoms with Gasteiger partial charge in [0.2, 0.25) is 10.0 Å². The predicted octanol–water partition coefficient (Wildman–Crippen LogP) is -0.192. The Hall–Kier alpha value is 0.120. The minimum absolute atomic E-state index is 0.0288. The Kier molecular flexibility index (Phi) is 8.50. The molecule has 5 nitrogen and oxygen atoms in total. The summed E-state index contributed by atoms with van der Waals surface area (Å²) in [6, 6.07) is 0. The molecule has 0 fully saturated rings. The van der Waals surface area contributed by atoms with Crippen molar-refractivity contribution in [2.75, 3.05) is 45.1 Å². The van der Waals surface area contributed by atoms with Crippen molar-refractivity contribution in [2.24, 2.45) is 0 Å². The molecule has 0 saturated heterocycles. The van der Waals surface area contributed by atoms with Crippen molar-refractivity contribution in [3.63, 3.8) is 0 Å². The van der Waals surface area contributed by atoms with E-state index >= 15 is 0 Å². The average molecular weight is 246 g/mol. The van der Waals surface area contributed by atoms with E-state index in [1.807, 2.05) is 0 Å². The van der Waals surface area contributed by atoms with Crippen molar-refractivity contribution in [3.8, 4) is 0 Å². The maximum atomic E-state index is 11.1. The summed E-state index contributed by atoms with van der Waals surface area (Å²) in [4.78, 5) is 0. The van der Waals surface area contributed by atoms with Crippen molar-refractivity contribution in [2.45, 2.75) is 0 Å². The van der Waals surface area contributed by atoms with E-state index < -0.39 is 10.0 Å². The van der Waals surface area contributed by atoms with Crippen molar-refractivity contribution in [1.29, 1.82) is 0 Å². The number of hydrogen-bond donors (Lipinski definition) is 1. The van der Waals surface area contributed by atoms with Gasteiger partial charge in [0.05, 0.1) is 25.6 Å². The summed E-state index contributed by atoms with van der Waals surface area (Å²) in [5.74, 6) is 0.384. The van der Waals surface area contributed by atoms with Gasteiger partial charge in [0.15, 0.2) is 0 Å². The third kappa shape index (κ3) is 8.71. The van der Waals surface area contributed by atoms with Gasteiger partial charge in [-0.2, -0.15) is 0 Å². The summed E-state index contributed by atoms with van der Waals surface area (Å²) in [5.41, 5.74) is 0. The Balaban J connectivity index is 3.46. The second-order valence-electron chi connectivity index (χ2n) is 2.51. The fraction of sp³-hybridized carbons (Fsp3) is 1.00. The molecule has 0 rings (SSSR count). The van der Waals surface area contributed by atoms with E-state index in [0.717, 1.165) is 0 Å². The lowest BCUT2D eigenvalue weighted by atomic mass is 10.7. The van der Waals surface area contributed by atoms with E-state index in [1.165, 1.54) is 7.11 Å². The van der Waals surface area contributed by atoms with E-state index in [4.69, 9.17) is 16.3 Å². The first-order valence-corrected chi connectivity index (χ1v) is 6.41. The molecule has 0 amide bonds. The molecule has 0 atom stereocenters. The van der Waals surface area contributed by atoms with Crippen LogP contribution < -0.4 is 4.72 Å². The molecule has 0 spiro atoms. The quantitative estimate of drug-likeness (QED) is 0.452. The number of methoxy groups -OCH3 is 1. The zero-order valence-corrected chi connectivity index (χ0v) is 9.73. The monoisotopic (exact) mass is 245 g/mol. The number of nitrogens with one attached hydrogen (secondary N) is 1. The molecule has 0 aromatic heterocycles. The van der Waals surface area contributed by atoms with Crippen LogP contribution in [0.4, 0.5) is 0 Å². The van der Waals surface area contributed by atoms with Gasteiger partial charge in [-0.1, -0.05) is 0 Å². The molecule has 0 aliphatic heterocycles. The van der Waals surface area contributed by atoms with Gasteiger partial charge in [-0.3, -0.25) is 0 Å². The molecule has 0 radical (unpaired) electrons. The number of sulfonamides is 1. The maximum Gasteiger partial charge on any atom is 0.213 e. The molecule has 14 heavy (non-hydrogen) atoms. The molecule has 0 aliphatic rings. The molecule has 7 heteroatoms. The zero-order chi connectivity index (χ0) is 10.9. The molecule has 0 aliphatic carbocycles. The first kappa shape index (κ1) is 14.1. The van der Waals surface area contributed by atoms with Crippen LogP contribution in [0.1, 0.15) is 0 Å². The van der Waals surface area contributed by atoms with Crippen molar-refractivity contribution in [1.82, 2.24) is 4.72 Å². The summed E-state index contributed by atoms with van der Waals surface area (Å²) in [7, 11) is -1.76. The fourth-order valence-electron chi connectivity index (χ4n) is 0.691. The Morgan fingerprint density at radius 1 is 1.29 bits per heavy atom. The van der Waals surface area contributed by atoms with Crippen molar-refractivity contribution in [3.05, 3.63) is 0 Å². The molecule has 0 aromatic carbocycles. The van der Waals surface area contributed by atoms with Gasteiger partial charge >= 0.3 is 0 Å². The lowest BCUT2D eigenvalue weighted by molar-refractivity contribution is 0.154. The van der Waals surface area contributed by atoms with Gasteiger partial charge in [-0.15, -0.1) is 11.6 Å². The predicted molar refractivity (Wildman–Crippen MR) is 55.2 cm³/mol. The summed E-state index contributed by atoms with van der Waals surface area (Å²) in [6.45, 7) is 1.22. The zero-order valence-electron chi connectivity index (χ0n) is 8.16. The molecule has 0 aromatic rings. The SMILES string of the molecule is COCCS(=O)(=O)NCCOCCCl. The number of alkyl halides is 1. The highest BCUT2D eigenvalue weighted by molar-refractivity contribution is 7.89. The number of halogens is 1. The van der Waals surface area contributed by atoms with Crippen LogP contribution >= 0.6 is 11.6 Å². The summed E-state index contributed by atoms with van der Waals surface area (Å²) < 4.78 is 34.3. The number of hydrogen-bond acceptors (Lipinski definition) is 4. The van der Waals surface area contributed by atoms with Crippen molar-refractivity contribution >= 4 is 21.6 Å². The van der Waals surface area contributed by atoms with Gasteiger partial charge in [0.1, 0.15) is 0 Å². The Morgan fingerprint density at radius 2 is 2.00 bits per heavy atom. The van der Waals surface area contributed by atoms with Crippen LogP contribution in [-0.2, 0) is 19.5 Å². The second-order valence-corrected chi connectivity index (χ2v) is 4.81. The maximum absolute atomic E-state index is 11.1. The van der Waals surface area contributed by atoms with Gasteiger partial charge in [0, 0.05) is 19.5 Å². The molecular formula is C7H16ClNO4S. The van der Waals surface area contributed by atoms with Crippen LogP contribution in [0.15, 0.2) is 0 Å². The standard InChI is InChI=1S/C7H16ClNO4S/c1-12-6-7-14(10,11)9-3-5-13-4-2-8/h9H,2-7H2,1H3. The summed E-state index contributed by atoms with van der Waals surface area (Å²) in [5, 5.41) is 0. The number of rotatable bonds is 9. The van der Waals surface area contributed by atoms with E-state index in [1.54, 1.807) is 0 Å². The van der Waals surface area contributed by atoms with E-state index in [0.29, 0.717) is 19.1 Å². The van der Waals surface area contributed by atoms with Gasteiger partial charge in [-0.05, 0) is 0 Å². The van der Waals surface area contributed by atoms with Crippen molar-refractivity contribution < 1.29 is 17.9 Å². The summed E-state index contributed by atoms with van der Waals surface area (Å²) >= 11 is 5.36. The highest BCUT2D eigenvalue weighted by atomic mass is 35.5. The van der Waals surface area contributed by atoms with Crippen LogP contribution in [0.5, 0.6) is 0 Å². The average Bonchev–Trinajstić information content (AvgIpc) is 2.15. The molecule has 86 valence electrons. The van der Waals surface area contributed by atoms with E-state index in [-0.39, 0.29) is 18.9 Å². The summed E-state index contributed by atoms with van der Waals surface area (Å²) in [6.07, 6.45) is 0. The van der Waals surface area contributed by atoms with E-state index in [9.17, 15) is 8.42 Å². The molecular weight excluding hydrogens is 230 g/mol. The van der Waals surface area contributed by atoms with Crippen LogP contribution in [0.25, 0.3) is 0 Å². The lowest BCUT2D eigenvalue weighted by Gasteiger charge is -2.05. The lowest BCUT2D eigenvalue weighted by Crippen LogP contribution is -2.31. The highest BCUT2D eigenvalue weighted by Crippen LogP contribution is 1.85. The molecule has 0 bridgehead atoms. The minimum atomic E-state index is -3.22. The van der Waals surface area contributed by atoms with Crippen LogP contribution in [-0.4, -0.2) is 53.5 Å². The Labute approximate surface area is 89.8 Å². The minimum Gasteiger partial charge on any atom is -0.384 e. The smallest absolute Gasteiger partial charge is 0.213 e. The first-order valence-electron chi connectivity index (χ1n) is 4.22.